The first-order valence-corrected chi connectivity index (χ1v) is 6.97. The summed E-state index contributed by atoms with van der Waals surface area (Å²) in [7, 11) is 1.91. The van der Waals surface area contributed by atoms with Crippen LogP contribution in [0.25, 0.3) is 0 Å². The molecule has 0 saturated heterocycles. The lowest BCUT2D eigenvalue weighted by atomic mass is 10.1. The standard InChI is InChI=1S/C14H30N/c1-3-4-5-6-7-8-9-10-11-12-13-14-15-2/h3-14H2,1-2H3. The van der Waals surface area contributed by atoms with Crippen LogP contribution < -0.4 is 5.32 Å². The van der Waals surface area contributed by atoms with E-state index in [1.807, 2.05) is 7.05 Å². The van der Waals surface area contributed by atoms with E-state index in [-0.39, 0.29) is 0 Å². The Kier molecular flexibility index (Phi) is 13.9. The Hall–Kier alpha value is -0.0400. The molecule has 0 aliphatic carbocycles. The molecular weight excluding hydrogens is 182 g/mol. The quantitative estimate of drug-likeness (QED) is 0.422. The molecule has 0 bridgehead atoms. The largest absolute Gasteiger partial charge is 0.245 e. The summed E-state index contributed by atoms with van der Waals surface area (Å²) in [6.45, 7) is 3.35. The van der Waals surface area contributed by atoms with Crippen LogP contribution in [0.1, 0.15) is 77.6 Å². The highest BCUT2D eigenvalue weighted by Crippen LogP contribution is 2.10. The van der Waals surface area contributed by atoms with E-state index in [9.17, 15) is 0 Å². The minimum Gasteiger partial charge on any atom is -0.245 e. The Bertz CT molecular complexity index is 89.5. The summed E-state index contributed by atoms with van der Waals surface area (Å²) in [5.41, 5.74) is 0. The molecule has 0 amide bonds. The van der Waals surface area contributed by atoms with E-state index in [0.717, 1.165) is 6.54 Å². The van der Waals surface area contributed by atoms with Gasteiger partial charge in [-0.2, -0.15) is 0 Å². The first-order chi connectivity index (χ1) is 7.41. The van der Waals surface area contributed by atoms with Gasteiger partial charge in [0.25, 0.3) is 0 Å². The van der Waals surface area contributed by atoms with Crippen molar-refractivity contribution in [2.75, 3.05) is 13.6 Å². The Balaban J connectivity index is 2.81. The van der Waals surface area contributed by atoms with Crippen molar-refractivity contribution >= 4 is 0 Å². The van der Waals surface area contributed by atoms with Gasteiger partial charge < -0.3 is 0 Å². The lowest BCUT2D eigenvalue weighted by molar-refractivity contribution is 0.545. The molecule has 0 aliphatic rings. The van der Waals surface area contributed by atoms with E-state index in [2.05, 4.69) is 12.2 Å². The highest BCUT2D eigenvalue weighted by atomic mass is 14.8. The second-order valence-electron chi connectivity index (χ2n) is 4.58. The highest BCUT2D eigenvalue weighted by Gasteiger charge is 1.92. The zero-order valence-electron chi connectivity index (χ0n) is 10.9. The average molecular weight is 212 g/mol. The number of unbranched alkanes of at least 4 members (excludes halogenated alkanes) is 10. The van der Waals surface area contributed by atoms with Gasteiger partial charge in [0.2, 0.25) is 0 Å². The van der Waals surface area contributed by atoms with Crippen LogP contribution in [-0.2, 0) is 0 Å². The molecule has 0 atom stereocenters. The SMILES string of the molecule is CCCCCCCCCCCCC[N]C. The van der Waals surface area contributed by atoms with Crippen molar-refractivity contribution < 1.29 is 0 Å². The molecule has 0 rings (SSSR count). The highest BCUT2D eigenvalue weighted by molar-refractivity contribution is 4.48. The maximum atomic E-state index is 4.11. The van der Waals surface area contributed by atoms with Crippen LogP contribution in [0, 0.1) is 0 Å². The molecule has 1 radical (unpaired) electrons. The lowest BCUT2D eigenvalue weighted by Crippen LogP contribution is -1.98. The van der Waals surface area contributed by atoms with E-state index in [0.29, 0.717) is 0 Å². The van der Waals surface area contributed by atoms with E-state index >= 15 is 0 Å². The fourth-order valence-corrected chi connectivity index (χ4v) is 1.93. The number of hydrogen-bond acceptors (Lipinski definition) is 0. The third-order valence-corrected chi connectivity index (χ3v) is 2.99. The van der Waals surface area contributed by atoms with Gasteiger partial charge in [0.1, 0.15) is 0 Å². The van der Waals surface area contributed by atoms with Gasteiger partial charge in [0.15, 0.2) is 0 Å². The fourth-order valence-electron chi connectivity index (χ4n) is 1.93. The van der Waals surface area contributed by atoms with Crippen LogP contribution in [0.4, 0.5) is 0 Å². The maximum absolute atomic E-state index is 4.11. The van der Waals surface area contributed by atoms with E-state index in [4.69, 9.17) is 0 Å². The summed E-state index contributed by atoms with van der Waals surface area (Å²) in [5, 5.41) is 4.11. The minimum atomic E-state index is 1.07. The van der Waals surface area contributed by atoms with Crippen molar-refractivity contribution in [2.24, 2.45) is 0 Å². The normalized spacial score (nSPS) is 10.8. The van der Waals surface area contributed by atoms with Crippen molar-refractivity contribution in [2.45, 2.75) is 77.6 Å². The van der Waals surface area contributed by atoms with E-state index in [1.54, 1.807) is 0 Å². The summed E-state index contributed by atoms with van der Waals surface area (Å²) in [4.78, 5) is 0. The molecule has 0 aromatic carbocycles. The molecule has 0 saturated carbocycles. The Morgan fingerprint density at radius 3 is 1.40 bits per heavy atom. The van der Waals surface area contributed by atoms with E-state index in [1.165, 1.54) is 70.6 Å². The second-order valence-corrected chi connectivity index (χ2v) is 4.58. The van der Waals surface area contributed by atoms with Crippen LogP contribution in [0.3, 0.4) is 0 Å². The predicted molar refractivity (Wildman–Crippen MR) is 69.4 cm³/mol. The van der Waals surface area contributed by atoms with Crippen LogP contribution in [0.15, 0.2) is 0 Å². The van der Waals surface area contributed by atoms with Gasteiger partial charge in [-0.1, -0.05) is 71.1 Å². The maximum Gasteiger partial charge on any atom is 0.0130 e. The molecule has 1 heteroatoms. The number of rotatable bonds is 12. The molecule has 0 aromatic heterocycles. The second kappa shape index (κ2) is 14.0. The predicted octanol–water partition coefficient (Wildman–Crippen LogP) is 4.53. The molecule has 15 heavy (non-hydrogen) atoms. The first-order valence-electron chi connectivity index (χ1n) is 6.97. The molecule has 0 aromatic rings. The van der Waals surface area contributed by atoms with Crippen molar-refractivity contribution in [3.63, 3.8) is 0 Å². The average Bonchev–Trinajstić information content (AvgIpc) is 2.26. The first kappa shape index (κ1) is 15.0. The monoisotopic (exact) mass is 212 g/mol. The molecule has 0 heterocycles. The summed E-state index contributed by atoms with van der Waals surface area (Å²) < 4.78 is 0. The third-order valence-electron chi connectivity index (χ3n) is 2.99. The van der Waals surface area contributed by atoms with Crippen LogP contribution in [-0.4, -0.2) is 13.6 Å². The van der Waals surface area contributed by atoms with Crippen LogP contribution >= 0.6 is 0 Å². The summed E-state index contributed by atoms with van der Waals surface area (Å²) in [6, 6.07) is 0. The van der Waals surface area contributed by atoms with Crippen molar-refractivity contribution in [3.05, 3.63) is 0 Å². The van der Waals surface area contributed by atoms with Gasteiger partial charge in [0.05, 0.1) is 0 Å². The van der Waals surface area contributed by atoms with E-state index < -0.39 is 0 Å². The smallest absolute Gasteiger partial charge is 0.0130 e. The fraction of sp³-hybridized carbons (Fsp3) is 1.00. The lowest BCUT2D eigenvalue weighted by Gasteiger charge is -2.01. The van der Waals surface area contributed by atoms with Gasteiger partial charge in [-0.25, -0.2) is 5.32 Å². The molecular formula is C14H30N. The zero-order chi connectivity index (χ0) is 11.2. The topological polar surface area (TPSA) is 14.1 Å². The van der Waals surface area contributed by atoms with Crippen LogP contribution in [0.2, 0.25) is 0 Å². The van der Waals surface area contributed by atoms with Crippen molar-refractivity contribution in [3.8, 4) is 0 Å². The van der Waals surface area contributed by atoms with Gasteiger partial charge in [-0.15, -0.1) is 0 Å². The minimum absolute atomic E-state index is 1.07. The van der Waals surface area contributed by atoms with Crippen molar-refractivity contribution in [1.82, 2.24) is 5.32 Å². The molecule has 1 nitrogen and oxygen atoms in total. The van der Waals surface area contributed by atoms with Gasteiger partial charge >= 0.3 is 0 Å². The van der Waals surface area contributed by atoms with Gasteiger partial charge in [-0.3, -0.25) is 0 Å². The van der Waals surface area contributed by atoms with Gasteiger partial charge in [0, 0.05) is 13.6 Å². The summed E-state index contributed by atoms with van der Waals surface area (Å²) in [6.07, 6.45) is 15.6. The molecule has 0 fully saturated rings. The molecule has 0 N–H and O–H groups in total. The molecule has 0 unspecified atom stereocenters. The summed E-state index contributed by atoms with van der Waals surface area (Å²) in [5.74, 6) is 0. The Labute approximate surface area is 97.0 Å². The molecule has 0 spiro atoms. The van der Waals surface area contributed by atoms with Crippen LogP contribution in [0.5, 0.6) is 0 Å². The third kappa shape index (κ3) is 14.0. The van der Waals surface area contributed by atoms with Crippen molar-refractivity contribution in [1.29, 1.82) is 0 Å². The molecule has 91 valence electrons. The Morgan fingerprint density at radius 1 is 0.600 bits per heavy atom. The molecule has 0 aliphatic heterocycles. The zero-order valence-corrected chi connectivity index (χ0v) is 10.9. The van der Waals surface area contributed by atoms with Gasteiger partial charge in [-0.05, 0) is 6.42 Å². The Morgan fingerprint density at radius 2 is 1.00 bits per heavy atom. The summed E-state index contributed by atoms with van der Waals surface area (Å²) >= 11 is 0. The number of hydrogen-bond donors (Lipinski definition) is 0. The number of nitrogens with zero attached hydrogens (tertiary/aromatic N) is 1.